The van der Waals surface area contributed by atoms with Gasteiger partial charge >= 0.3 is 0 Å². The number of azo groups is 1. The molecule has 96 valence electrons. The highest BCUT2D eigenvalue weighted by atomic mass is 16.3. The summed E-state index contributed by atoms with van der Waals surface area (Å²) >= 11 is 0. The number of hydrogen-bond acceptors (Lipinski definition) is 5. The van der Waals surface area contributed by atoms with E-state index in [0.29, 0.717) is 16.8 Å². The van der Waals surface area contributed by atoms with Crippen molar-refractivity contribution in [3.63, 3.8) is 0 Å². The Bertz CT molecular complexity index is 753. The van der Waals surface area contributed by atoms with E-state index in [1.165, 1.54) is 0 Å². The standard InChI is InChI=1S/C15H10N4O/c16-10-13(19-18-11-6-2-1-3-7-11)15-17-12-8-4-5-9-14(12)20-15/h1-9,13H. The largest absolute Gasteiger partial charge is 0.437 e. The van der Waals surface area contributed by atoms with E-state index < -0.39 is 6.04 Å². The Morgan fingerprint density at radius 3 is 2.55 bits per heavy atom. The van der Waals surface area contributed by atoms with Crippen molar-refractivity contribution in [1.82, 2.24) is 4.98 Å². The Hall–Kier alpha value is -3.00. The summed E-state index contributed by atoms with van der Waals surface area (Å²) in [7, 11) is 0. The van der Waals surface area contributed by atoms with Gasteiger partial charge in [0.05, 0.1) is 5.69 Å². The van der Waals surface area contributed by atoms with E-state index in [9.17, 15) is 5.26 Å². The van der Waals surface area contributed by atoms with Crippen LogP contribution < -0.4 is 0 Å². The highest BCUT2D eigenvalue weighted by Crippen LogP contribution is 2.23. The Morgan fingerprint density at radius 2 is 1.80 bits per heavy atom. The summed E-state index contributed by atoms with van der Waals surface area (Å²) < 4.78 is 5.52. The average molecular weight is 262 g/mol. The molecule has 0 aliphatic carbocycles. The van der Waals surface area contributed by atoms with E-state index in [1.54, 1.807) is 6.07 Å². The number of aromatic nitrogens is 1. The molecule has 0 aliphatic rings. The summed E-state index contributed by atoms with van der Waals surface area (Å²) in [6.07, 6.45) is 0. The van der Waals surface area contributed by atoms with Gasteiger partial charge in [0.25, 0.3) is 0 Å². The maximum atomic E-state index is 9.18. The van der Waals surface area contributed by atoms with Gasteiger partial charge in [0.15, 0.2) is 5.58 Å². The Balaban J connectivity index is 1.90. The van der Waals surface area contributed by atoms with Crippen LogP contribution in [0.15, 0.2) is 69.2 Å². The first-order valence-electron chi connectivity index (χ1n) is 6.08. The normalized spacial score (nSPS) is 12.6. The van der Waals surface area contributed by atoms with E-state index >= 15 is 0 Å². The van der Waals surface area contributed by atoms with Crippen LogP contribution in [0, 0.1) is 11.3 Å². The second-order valence-electron chi connectivity index (χ2n) is 4.10. The van der Waals surface area contributed by atoms with E-state index in [4.69, 9.17) is 4.42 Å². The molecular weight excluding hydrogens is 252 g/mol. The molecule has 20 heavy (non-hydrogen) atoms. The van der Waals surface area contributed by atoms with Gasteiger partial charge in [-0.3, -0.25) is 0 Å². The Kier molecular flexibility index (Phi) is 3.21. The molecule has 0 radical (unpaired) electrons. The minimum absolute atomic E-state index is 0.258. The van der Waals surface area contributed by atoms with Gasteiger partial charge in [-0.2, -0.15) is 15.5 Å². The zero-order valence-corrected chi connectivity index (χ0v) is 10.5. The zero-order chi connectivity index (χ0) is 13.8. The van der Waals surface area contributed by atoms with Crippen LogP contribution in [0.2, 0.25) is 0 Å². The second kappa shape index (κ2) is 5.33. The van der Waals surface area contributed by atoms with Crippen molar-refractivity contribution in [2.75, 3.05) is 0 Å². The van der Waals surface area contributed by atoms with Gasteiger partial charge in [0.1, 0.15) is 11.6 Å². The van der Waals surface area contributed by atoms with Gasteiger partial charge in [-0.1, -0.05) is 30.3 Å². The Labute approximate surface area is 115 Å². The molecule has 2 aromatic carbocycles. The van der Waals surface area contributed by atoms with Crippen LogP contribution >= 0.6 is 0 Å². The fourth-order valence-corrected chi connectivity index (χ4v) is 1.76. The number of nitriles is 1. The van der Waals surface area contributed by atoms with Crippen LogP contribution in [-0.2, 0) is 0 Å². The molecule has 3 aromatic rings. The first-order chi connectivity index (χ1) is 9.86. The van der Waals surface area contributed by atoms with Crippen LogP contribution in [0.4, 0.5) is 5.69 Å². The van der Waals surface area contributed by atoms with Gasteiger partial charge in [-0.05, 0) is 24.3 Å². The van der Waals surface area contributed by atoms with Crippen molar-refractivity contribution in [2.45, 2.75) is 6.04 Å². The van der Waals surface area contributed by atoms with Crippen LogP contribution in [0.1, 0.15) is 11.9 Å². The summed E-state index contributed by atoms with van der Waals surface area (Å²) in [5.41, 5.74) is 2.03. The number of fused-ring (bicyclic) bond motifs is 1. The second-order valence-corrected chi connectivity index (χ2v) is 4.10. The molecule has 0 N–H and O–H groups in total. The third kappa shape index (κ3) is 2.40. The topological polar surface area (TPSA) is 74.5 Å². The van der Waals surface area contributed by atoms with Crippen molar-refractivity contribution in [3.05, 3.63) is 60.5 Å². The molecule has 0 aliphatic heterocycles. The molecule has 1 unspecified atom stereocenters. The molecule has 0 spiro atoms. The number of para-hydroxylation sites is 2. The predicted molar refractivity (Wildman–Crippen MR) is 73.3 cm³/mol. The first-order valence-corrected chi connectivity index (χ1v) is 6.08. The predicted octanol–water partition coefficient (Wildman–Crippen LogP) is 4.18. The van der Waals surface area contributed by atoms with Crippen LogP contribution in [0.5, 0.6) is 0 Å². The third-order valence-corrected chi connectivity index (χ3v) is 2.71. The Morgan fingerprint density at radius 1 is 1.05 bits per heavy atom. The molecule has 5 heteroatoms. The number of benzene rings is 2. The minimum Gasteiger partial charge on any atom is -0.437 e. The van der Waals surface area contributed by atoms with E-state index in [2.05, 4.69) is 15.2 Å². The summed E-state index contributed by atoms with van der Waals surface area (Å²) in [5, 5.41) is 17.2. The maximum Gasteiger partial charge on any atom is 0.236 e. The fraction of sp³-hybridized carbons (Fsp3) is 0.0667. The van der Waals surface area contributed by atoms with Gasteiger partial charge in [-0.25, -0.2) is 4.98 Å². The number of oxazole rings is 1. The quantitative estimate of drug-likeness (QED) is 0.664. The SMILES string of the molecule is N#CC(N=Nc1ccccc1)c1nc2ccccc2o1. The molecule has 1 atom stereocenters. The highest BCUT2D eigenvalue weighted by molar-refractivity contribution is 5.72. The molecule has 3 rings (SSSR count). The van der Waals surface area contributed by atoms with Gasteiger partial charge in [0.2, 0.25) is 11.9 Å². The molecule has 0 saturated carbocycles. The summed E-state index contributed by atoms with van der Waals surface area (Å²) in [5.74, 6) is 0.258. The van der Waals surface area contributed by atoms with Gasteiger partial charge < -0.3 is 4.42 Å². The molecule has 1 heterocycles. The lowest BCUT2D eigenvalue weighted by Gasteiger charge is -1.95. The summed E-state index contributed by atoms with van der Waals surface area (Å²) in [6.45, 7) is 0. The monoisotopic (exact) mass is 262 g/mol. The smallest absolute Gasteiger partial charge is 0.236 e. The maximum absolute atomic E-state index is 9.18. The lowest BCUT2D eigenvalue weighted by Crippen LogP contribution is -1.90. The van der Waals surface area contributed by atoms with Gasteiger partial charge in [0, 0.05) is 0 Å². The van der Waals surface area contributed by atoms with Crippen molar-refractivity contribution in [2.24, 2.45) is 10.2 Å². The summed E-state index contributed by atoms with van der Waals surface area (Å²) in [6, 6.07) is 17.7. The number of hydrogen-bond donors (Lipinski definition) is 0. The van der Waals surface area contributed by atoms with E-state index in [1.807, 2.05) is 54.6 Å². The zero-order valence-electron chi connectivity index (χ0n) is 10.5. The lowest BCUT2D eigenvalue weighted by molar-refractivity contribution is 0.508. The molecule has 1 aromatic heterocycles. The lowest BCUT2D eigenvalue weighted by atomic mass is 10.3. The van der Waals surface area contributed by atoms with Crippen LogP contribution in [0.3, 0.4) is 0 Å². The molecular formula is C15H10N4O. The van der Waals surface area contributed by atoms with Crippen molar-refractivity contribution >= 4 is 16.8 Å². The molecule has 0 bridgehead atoms. The highest BCUT2D eigenvalue weighted by Gasteiger charge is 2.16. The van der Waals surface area contributed by atoms with E-state index in [0.717, 1.165) is 0 Å². The van der Waals surface area contributed by atoms with Crippen LogP contribution in [0.25, 0.3) is 11.1 Å². The number of nitrogens with zero attached hydrogens (tertiary/aromatic N) is 4. The van der Waals surface area contributed by atoms with Crippen molar-refractivity contribution in [1.29, 1.82) is 5.26 Å². The molecule has 0 fully saturated rings. The molecule has 5 nitrogen and oxygen atoms in total. The molecule has 0 saturated heterocycles. The minimum atomic E-state index is -0.845. The third-order valence-electron chi connectivity index (χ3n) is 2.71. The number of rotatable bonds is 3. The summed E-state index contributed by atoms with van der Waals surface area (Å²) in [4.78, 5) is 4.25. The first kappa shape index (κ1) is 12.1. The van der Waals surface area contributed by atoms with Gasteiger partial charge in [-0.15, -0.1) is 0 Å². The van der Waals surface area contributed by atoms with Crippen molar-refractivity contribution in [3.8, 4) is 6.07 Å². The van der Waals surface area contributed by atoms with E-state index in [-0.39, 0.29) is 5.89 Å². The van der Waals surface area contributed by atoms with Crippen molar-refractivity contribution < 1.29 is 4.42 Å². The average Bonchev–Trinajstić information content (AvgIpc) is 2.92. The fourth-order valence-electron chi connectivity index (χ4n) is 1.76. The molecule has 0 amide bonds. The van der Waals surface area contributed by atoms with Crippen LogP contribution in [-0.4, -0.2) is 4.98 Å².